The summed E-state index contributed by atoms with van der Waals surface area (Å²) in [4.78, 5) is 0. The minimum Gasteiger partial charge on any atom is -0.367 e. The van der Waals surface area contributed by atoms with Gasteiger partial charge in [-0.15, -0.1) is 0 Å². The summed E-state index contributed by atoms with van der Waals surface area (Å²) in [5.74, 6) is 0. The van der Waals surface area contributed by atoms with Crippen LogP contribution in [0.5, 0.6) is 0 Å². The molecule has 0 spiro atoms. The molecule has 12 heavy (non-hydrogen) atoms. The average Bonchev–Trinajstić information content (AvgIpc) is 1.84. The molecule has 2 heteroatoms. The predicted octanol–water partition coefficient (Wildman–Crippen LogP) is 2.56. The van der Waals surface area contributed by atoms with Gasteiger partial charge < -0.3 is 9.84 Å². The maximum Gasteiger partial charge on any atom is 0.160 e. The van der Waals surface area contributed by atoms with E-state index in [0.29, 0.717) is 0 Å². The summed E-state index contributed by atoms with van der Waals surface area (Å²) in [7, 11) is 0. The molecule has 0 fully saturated rings. The Hall–Kier alpha value is -0.0800. The summed E-state index contributed by atoms with van der Waals surface area (Å²) >= 11 is 0. The van der Waals surface area contributed by atoms with Crippen LogP contribution < -0.4 is 0 Å². The van der Waals surface area contributed by atoms with E-state index in [1.165, 1.54) is 0 Å². The fourth-order valence-corrected chi connectivity index (χ4v) is 0.669. The van der Waals surface area contributed by atoms with Crippen LogP contribution in [-0.2, 0) is 4.74 Å². The van der Waals surface area contributed by atoms with Gasteiger partial charge in [0.05, 0.1) is 5.60 Å². The van der Waals surface area contributed by atoms with Crippen molar-refractivity contribution < 1.29 is 9.84 Å². The molecular formula is C10H22O2. The van der Waals surface area contributed by atoms with Gasteiger partial charge in [-0.1, -0.05) is 20.8 Å². The molecule has 0 bridgehead atoms. The molecule has 0 saturated heterocycles. The predicted molar refractivity (Wildman–Crippen MR) is 50.9 cm³/mol. The van der Waals surface area contributed by atoms with Gasteiger partial charge >= 0.3 is 0 Å². The second-order valence-electron chi connectivity index (χ2n) is 4.92. The zero-order chi connectivity index (χ0) is 9.99. The van der Waals surface area contributed by atoms with Crippen molar-refractivity contribution in [2.75, 3.05) is 0 Å². The highest BCUT2D eigenvalue weighted by Gasteiger charge is 2.30. The van der Waals surface area contributed by atoms with Crippen molar-refractivity contribution in [3.05, 3.63) is 0 Å². The zero-order valence-electron chi connectivity index (χ0n) is 9.14. The molecule has 0 aliphatic rings. The van der Waals surface area contributed by atoms with Crippen LogP contribution in [0.4, 0.5) is 0 Å². The first-order valence-electron chi connectivity index (χ1n) is 4.55. The van der Waals surface area contributed by atoms with E-state index < -0.39 is 6.29 Å². The van der Waals surface area contributed by atoms with E-state index in [1.807, 2.05) is 34.6 Å². The number of hydrogen-bond acceptors (Lipinski definition) is 2. The Labute approximate surface area is 75.9 Å². The van der Waals surface area contributed by atoms with Crippen LogP contribution in [0.25, 0.3) is 0 Å². The van der Waals surface area contributed by atoms with E-state index in [0.717, 1.165) is 6.42 Å². The minimum absolute atomic E-state index is 0.159. The molecule has 1 atom stereocenters. The van der Waals surface area contributed by atoms with E-state index in [-0.39, 0.29) is 11.0 Å². The van der Waals surface area contributed by atoms with Gasteiger partial charge in [0, 0.05) is 5.41 Å². The molecule has 1 unspecified atom stereocenters. The quantitative estimate of drug-likeness (QED) is 0.666. The molecule has 0 aromatic rings. The molecule has 0 heterocycles. The summed E-state index contributed by atoms with van der Waals surface area (Å²) in [5, 5.41) is 9.69. The molecule has 0 radical (unpaired) electrons. The van der Waals surface area contributed by atoms with Crippen LogP contribution in [0.1, 0.15) is 48.0 Å². The second kappa shape index (κ2) is 3.75. The van der Waals surface area contributed by atoms with Gasteiger partial charge in [-0.2, -0.15) is 0 Å². The summed E-state index contributed by atoms with van der Waals surface area (Å²) in [6.07, 6.45) is 0.229. The van der Waals surface area contributed by atoms with E-state index >= 15 is 0 Å². The Morgan fingerprint density at radius 3 is 1.83 bits per heavy atom. The second-order valence-corrected chi connectivity index (χ2v) is 4.92. The Morgan fingerprint density at radius 2 is 1.58 bits per heavy atom. The smallest absolute Gasteiger partial charge is 0.160 e. The van der Waals surface area contributed by atoms with Crippen molar-refractivity contribution in [1.29, 1.82) is 0 Å². The van der Waals surface area contributed by atoms with Gasteiger partial charge in [0.25, 0.3) is 0 Å². The third-order valence-electron chi connectivity index (χ3n) is 2.04. The molecule has 0 aliphatic carbocycles. The van der Waals surface area contributed by atoms with Gasteiger partial charge in [0.15, 0.2) is 6.29 Å². The van der Waals surface area contributed by atoms with Crippen molar-refractivity contribution in [1.82, 2.24) is 0 Å². The fraction of sp³-hybridized carbons (Fsp3) is 1.00. The summed E-state index contributed by atoms with van der Waals surface area (Å²) in [5.41, 5.74) is -0.431. The molecule has 0 aromatic heterocycles. The molecule has 1 N–H and O–H groups in total. The Balaban J connectivity index is 4.13. The zero-order valence-corrected chi connectivity index (χ0v) is 9.14. The highest BCUT2D eigenvalue weighted by Crippen LogP contribution is 2.28. The molecule has 0 saturated carbocycles. The third-order valence-corrected chi connectivity index (χ3v) is 2.04. The highest BCUT2D eigenvalue weighted by molar-refractivity contribution is 4.72. The van der Waals surface area contributed by atoms with E-state index in [9.17, 15) is 5.11 Å². The summed E-state index contributed by atoms with van der Waals surface area (Å²) in [6.45, 7) is 11.9. The van der Waals surface area contributed by atoms with E-state index in [4.69, 9.17) is 4.74 Å². The van der Waals surface area contributed by atoms with Crippen LogP contribution in [0.2, 0.25) is 0 Å². The fourth-order valence-electron chi connectivity index (χ4n) is 0.669. The van der Waals surface area contributed by atoms with Gasteiger partial charge in [-0.3, -0.25) is 0 Å². The average molecular weight is 174 g/mol. The Morgan fingerprint density at radius 1 is 1.17 bits per heavy atom. The molecule has 0 aliphatic heterocycles. The first-order chi connectivity index (χ1) is 5.19. The Bertz CT molecular complexity index is 133. The van der Waals surface area contributed by atoms with Crippen LogP contribution in [0, 0.1) is 5.41 Å². The number of hydrogen-bond donors (Lipinski definition) is 1. The van der Waals surface area contributed by atoms with E-state index in [2.05, 4.69) is 6.92 Å². The summed E-state index contributed by atoms with van der Waals surface area (Å²) in [6, 6.07) is 0. The minimum atomic E-state index is -0.678. The van der Waals surface area contributed by atoms with Gasteiger partial charge in [0.1, 0.15) is 0 Å². The number of rotatable bonds is 3. The lowest BCUT2D eigenvalue weighted by atomic mass is 9.89. The lowest BCUT2D eigenvalue weighted by Gasteiger charge is -2.34. The van der Waals surface area contributed by atoms with Crippen LogP contribution in [0.3, 0.4) is 0 Å². The number of ether oxygens (including phenoxy) is 1. The SMILES string of the molecule is CCC(C)(C)C(O)OC(C)(C)C. The monoisotopic (exact) mass is 174 g/mol. The normalized spacial score (nSPS) is 16.2. The molecule has 0 rings (SSSR count). The maximum atomic E-state index is 9.69. The topological polar surface area (TPSA) is 29.5 Å². The molecule has 0 aromatic carbocycles. The van der Waals surface area contributed by atoms with Crippen LogP contribution in [0.15, 0.2) is 0 Å². The lowest BCUT2D eigenvalue weighted by Crippen LogP contribution is -2.37. The van der Waals surface area contributed by atoms with Crippen molar-refractivity contribution in [3.63, 3.8) is 0 Å². The van der Waals surface area contributed by atoms with Gasteiger partial charge in [0.2, 0.25) is 0 Å². The van der Waals surface area contributed by atoms with Gasteiger partial charge in [-0.25, -0.2) is 0 Å². The standard InChI is InChI=1S/C10H22O2/c1-7-10(5,6)8(11)12-9(2,3)4/h8,11H,7H2,1-6H3. The number of aliphatic hydroxyl groups is 1. The van der Waals surface area contributed by atoms with Crippen LogP contribution in [-0.4, -0.2) is 17.0 Å². The van der Waals surface area contributed by atoms with Crippen molar-refractivity contribution in [3.8, 4) is 0 Å². The summed E-state index contributed by atoms with van der Waals surface area (Å²) < 4.78 is 5.45. The van der Waals surface area contributed by atoms with Crippen molar-refractivity contribution in [2.24, 2.45) is 5.41 Å². The first-order valence-corrected chi connectivity index (χ1v) is 4.55. The lowest BCUT2D eigenvalue weighted by molar-refractivity contribution is -0.216. The highest BCUT2D eigenvalue weighted by atomic mass is 16.6. The molecule has 74 valence electrons. The van der Waals surface area contributed by atoms with Crippen LogP contribution >= 0.6 is 0 Å². The van der Waals surface area contributed by atoms with Crippen molar-refractivity contribution >= 4 is 0 Å². The van der Waals surface area contributed by atoms with Gasteiger partial charge in [-0.05, 0) is 27.2 Å². The van der Waals surface area contributed by atoms with E-state index in [1.54, 1.807) is 0 Å². The largest absolute Gasteiger partial charge is 0.367 e. The molecule has 0 amide bonds. The third kappa shape index (κ3) is 4.07. The maximum absolute atomic E-state index is 9.69. The Kier molecular flexibility index (Phi) is 3.73. The first kappa shape index (κ1) is 11.9. The van der Waals surface area contributed by atoms with Crippen molar-refractivity contribution in [2.45, 2.75) is 59.9 Å². The number of aliphatic hydroxyl groups excluding tert-OH is 1. The molecular weight excluding hydrogens is 152 g/mol. The molecule has 2 nitrogen and oxygen atoms in total.